The molecule has 1 heterocycles. The summed E-state index contributed by atoms with van der Waals surface area (Å²) in [4.78, 5) is 0. The summed E-state index contributed by atoms with van der Waals surface area (Å²) in [7, 11) is 0. The second-order valence-corrected chi connectivity index (χ2v) is 0.609. The van der Waals surface area contributed by atoms with Crippen LogP contribution in [-0.2, 0) is 0 Å². The van der Waals surface area contributed by atoms with E-state index < -0.39 is 0 Å². The molecular weight excluding hydrogens is 98.1 g/mol. The minimum atomic E-state index is 0.542. The van der Waals surface area contributed by atoms with Crippen LogP contribution in [0.2, 0.25) is 0 Å². The van der Waals surface area contributed by atoms with Crippen LogP contribution in [0.4, 0.5) is 0 Å². The molecule has 0 saturated carbocycles. The lowest BCUT2D eigenvalue weighted by atomic mass is 11.2. The monoisotopic (exact) mass is 104 g/mol. The van der Waals surface area contributed by atoms with Crippen molar-refractivity contribution >= 4 is 18.6 Å². The average molecular weight is 104 g/mol. The molecule has 1 aliphatic rings. The Kier molecular flexibility index (Phi) is 2.66. The van der Waals surface area contributed by atoms with Crippen LogP contribution in [0.15, 0.2) is 5.10 Å². The van der Waals surface area contributed by atoms with Crippen molar-refractivity contribution in [1.82, 2.24) is 5.43 Å². The molecule has 0 fully saturated rings. The topological polar surface area (TPSA) is 60.3 Å². The van der Waals surface area contributed by atoms with Crippen molar-refractivity contribution in [2.75, 3.05) is 6.26 Å². The molecule has 1 rings (SSSR count). The average Bonchev–Trinajstić information content (AvgIpc) is 2.30. The van der Waals surface area contributed by atoms with Gasteiger partial charge in [0, 0.05) is 0 Å². The van der Waals surface area contributed by atoms with Crippen LogP contribution in [-0.4, -0.2) is 12.2 Å². The predicted molar refractivity (Wildman–Crippen MR) is 28.3 cm³/mol. The minimum Gasteiger partial charge on any atom is -0.367 e. The van der Waals surface area contributed by atoms with Gasteiger partial charge in [-0.3, -0.25) is 0 Å². The van der Waals surface area contributed by atoms with E-state index in [1.54, 1.807) is 6.26 Å². The van der Waals surface area contributed by atoms with Gasteiger partial charge in [0.1, 0.15) is 0 Å². The second-order valence-electron chi connectivity index (χ2n) is 0.609. The molecule has 0 bridgehead atoms. The van der Waals surface area contributed by atoms with Gasteiger partial charge in [-0.25, -0.2) is 5.43 Å². The largest absolute Gasteiger partial charge is 0.367 e. The van der Waals surface area contributed by atoms with Gasteiger partial charge in [-0.05, 0) is 6.26 Å². The maximum atomic E-state index is 4.86. The Morgan fingerprint density at radius 2 is 2.00 bits per heavy atom. The van der Waals surface area contributed by atoms with Crippen LogP contribution in [0.5, 0.6) is 0 Å². The number of rotatable bonds is 0. The number of hydrogen-bond acceptors (Lipinski definition) is 3. The lowest BCUT2D eigenvalue weighted by molar-refractivity contribution is 1.25. The summed E-state index contributed by atoms with van der Waals surface area (Å²) >= 11 is 4.08. The minimum absolute atomic E-state index is 0.542. The normalized spacial score (nSPS) is 12.7. The van der Waals surface area contributed by atoms with E-state index in [1.165, 1.54) is 0 Å². The molecule has 0 unspecified atom stereocenters. The zero-order valence-electron chi connectivity index (χ0n) is 3.43. The first-order valence-corrected chi connectivity index (χ1v) is 2.21. The molecule has 0 atom stereocenters. The quantitative estimate of drug-likeness (QED) is 0.440. The van der Waals surface area contributed by atoms with E-state index in [4.69, 9.17) is 5.73 Å². The number of nitrogens with two attached hydrogens (primary N) is 1. The Hall–Kier alpha value is -0.380. The third kappa shape index (κ3) is 3.62. The maximum absolute atomic E-state index is 4.86. The van der Waals surface area contributed by atoms with Crippen LogP contribution in [0, 0.1) is 0 Å². The molecule has 6 heavy (non-hydrogen) atoms. The molecule has 0 aromatic carbocycles. The molecule has 0 saturated heterocycles. The van der Waals surface area contributed by atoms with Gasteiger partial charge in [0.15, 0.2) is 0 Å². The van der Waals surface area contributed by atoms with Gasteiger partial charge in [0.2, 0.25) is 5.96 Å². The Balaban J connectivity index is 0.000000112. The van der Waals surface area contributed by atoms with Crippen LogP contribution in [0.25, 0.3) is 0 Å². The molecule has 3 N–H and O–H groups in total. The van der Waals surface area contributed by atoms with Crippen molar-refractivity contribution in [3.63, 3.8) is 0 Å². The first-order chi connectivity index (χ1) is 2.89. The standard InChI is InChI=1S/CH3N3.CH3S/c2-1-3-4-1;1-2/h(H3,2,3,4);1H3. The molecule has 0 aromatic heterocycles. The van der Waals surface area contributed by atoms with Gasteiger partial charge >= 0.3 is 0 Å². The van der Waals surface area contributed by atoms with E-state index in [1.807, 2.05) is 0 Å². The molecule has 0 amide bonds. The number of hydrazone groups is 1. The van der Waals surface area contributed by atoms with E-state index in [0.717, 1.165) is 0 Å². The Morgan fingerprint density at radius 3 is 2.00 bits per heavy atom. The lowest BCUT2D eigenvalue weighted by Crippen LogP contribution is -2.03. The highest BCUT2D eigenvalue weighted by atomic mass is 32.1. The first kappa shape index (κ1) is 5.62. The highest BCUT2D eigenvalue weighted by molar-refractivity contribution is 7.79. The van der Waals surface area contributed by atoms with E-state index >= 15 is 0 Å². The third-order valence-electron chi connectivity index (χ3n) is 0.241. The van der Waals surface area contributed by atoms with E-state index in [2.05, 4.69) is 23.2 Å². The maximum Gasteiger partial charge on any atom is 0.232 e. The third-order valence-corrected chi connectivity index (χ3v) is 0.241. The Morgan fingerprint density at radius 1 is 1.83 bits per heavy atom. The molecule has 4 heteroatoms. The molecule has 35 valence electrons. The molecule has 1 aliphatic heterocycles. The fourth-order valence-electron chi connectivity index (χ4n) is 0.0323. The lowest BCUT2D eigenvalue weighted by Gasteiger charge is -1.48. The Bertz CT molecular complexity index is 59.8. The highest BCUT2D eigenvalue weighted by Gasteiger charge is 1.95. The van der Waals surface area contributed by atoms with Gasteiger partial charge in [0.05, 0.1) is 0 Å². The summed E-state index contributed by atoms with van der Waals surface area (Å²) < 4.78 is 0. The second kappa shape index (κ2) is 2.84. The van der Waals surface area contributed by atoms with Crippen molar-refractivity contribution in [1.29, 1.82) is 0 Å². The van der Waals surface area contributed by atoms with Gasteiger partial charge in [-0.2, -0.15) is 0 Å². The van der Waals surface area contributed by atoms with E-state index in [0.29, 0.717) is 5.96 Å². The van der Waals surface area contributed by atoms with E-state index in [9.17, 15) is 0 Å². The van der Waals surface area contributed by atoms with Gasteiger partial charge < -0.3 is 5.73 Å². The molecule has 0 aliphatic carbocycles. The summed E-state index contributed by atoms with van der Waals surface area (Å²) in [6.07, 6.45) is 1.58. The fraction of sp³-hybridized carbons (Fsp3) is 0.500. The number of guanidine groups is 1. The molecular formula is C2H6N3S. The summed E-state index contributed by atoms with van der Waals surface area (Å²) in [5.74, 6) is 0.542. The van der Waals surface area contributed by atoms with Crippen molar-refractivity contribution in [3.8, 4) is 0 Å². The van der Waals surface area contributed by atoms with Crippen LogP contribution in [0.3, 0.4) is 0 Å². The predicted octanol–water partition coefficient (Wildman–Crippen LogP) is -0.367. The van der Waals surface area contributed by atoms with Crippen LogP contribution >= 0.6 is 12.6 Å². The molecule has 0 aromatic rings. The first-order valence-electron chi connectivity index (χ1n) is 1.39. The summed E-state index contributed by atoms with van der Waals surface area (Å²) in [6, 6.07) is 0. The van der Waals surface area contributed by atoms with Crippen LogP contribution < -0.4 is 11.2 Å². The molecule has 3 nitrogen and oxygen atoms in total. The van der Waals surface area contributed by atoms with E-state index in [-0.39, 0.29) is 0 Å². The number of nitrogens with one attached hydrogen (secondary N) is 1. The van der Waals surface area contributed by atoms with Crippen LogP contribution in [0.1, 0.15) is 0 Å². The summed E-state index contributed by atoms with van der Waals surface area (Å²) in [5.41, 5.74) is 7.28. The summed E-state index contributed by atoms with van der Waals surface area (Å²) in [6.45, 7) is 0. The number of nitrogens with zero attached hydrogens (tertiary/aromatic N) is 1. The Labute approximate surface area is 42.0 Å². The number of hydrogen-bond donors (Lipinski definition) is 2. The summed E-state index contributed by atoms with van der Waals surface area (Å²) in [5, 5.41) is 3.35. The molecule has 1 radical (unpaired) electrons. The van der Waals surface area contributed by atoms with Crippen molar-refractivity contribution in [2.24, 2.45) is 10.8 Å². The van der Waals surface area contributed by atoms with Gasteiger partial charge in [-0.15, -0.1) is 5.10 Å². The van der Waals surface area contributed by atoms with Crippen molar-refractivity contribution in [2.45, 2.75) is 0 Å². The van der Waals surface area contributed by atoms with Crippen molar-refractivity contribution in [3.05, 3.63) is 0 Å². The SMILES string of the molecule is C[S].NC1=NN1. The fourth-order valence-corrected chi connectivity index (χ4v) is 0.0323. The highest BCUT2D eigenvalue weighted by Crippen LogP contribution is 1.68. The zero-order valence-corrected chi connectivity index (χ0v) is 4.25. The smallest absolute Gasteiger partial charge is 0.232 e. The van der Waals surface area contributed by atoms with Gasteiger partial charge in [-0.1, -0.05) is 12.6 Å². The van der Waals surface area contributed by atoms with Crippen molar-refractivity contribution < 1.29 is 0 Å². The van der Waals surface area contributed by atoms with Gasteiger partial charge in [0.25, 0.3) is 0 Å². The molecule has 0 spiro atoms. The zero-order chi connectivity index (χ0) is 4.99.